The average Bonchev–Trinajstić information content (AvgIpc) is 3.17. The summed E-state index contributed by atoms with van der Waals surface area (Å²) >= 11 is 2.68. The highest BCUT2D eigenvalue weighted by Crippen LogP contribution is 2.36. The van der Waals surface area contributed by atoms with Gasteiger partial charge in [0.1, 0.15) is 11.4 Å². The summed E-state index contributed by atoms with van der Waals surface area (Å²) < 4.78 is 39.2. The van der Waals surface area contributed by atoms with E-state index < -0.39 is 11.9 Å². The number of ketones is 1. The number of aromatic nitrogens is 2. The van der Waals surface area contributed by atoms with Crippen LogP contribution in [0.25, 0.3) is 10.6 Å². The maximum atomic E-state index is 12.8. The first-order chi connectivity index (χ1) is 10.4. The molecule has 0 saturated carbocycles. The fourth-order valence-electron chi connectivity index (χ4n) is 2.15. The Morgan fingerprint density at radius 1 is 1.36 bits per heavy atom. The Bertz CT molecular complexity index is 758. The predicted octanol–water partition coefficient (Wildman–Crippen LogP) is 4.37. The second-order valence-corrected chi connectivity index (χ2v) is 6.96. The Morgan fingerprint density at radius 3 is 2.73 bits per heavy atom. The van der Waals surface area contributed by atoms with E-state index >= 15 is 0 Å². The van der Waals surface area contributed by atoms with Crippen molar-refractivity contribution in [3.05, 3.63) is 39.8 Å². The van der Waals surface area contributed by atoms with Gasteiger partial charge < -0.3 is 0 Å². The highest BCUT2D eigenvalue weighted by atomic mass is 32.2. The normalized spacial score (nSPS) is 15.2. The lowest BCUT2D eigenvalue weighted by Gasteiger charge is -2.04. The third-order valence-corrected chi connectivity index (χ3v) is 5.39. The molecule has 116 valence electrons. The molecule has 3 heterocycles. The first-order valence-corrected chi connectivity index (χ1v) is 8.25. The molecule has 0 fully saturated rings. The lowest BCUT2D eigenvalue weighted by atomic mass is 10.2. The van der Waals surface area contributed by atoms with E-state index in [1.165, 1.54) is 30.1 Å². The zero-order valence-electron chi connectivity index (χ0n) is 11.5. The summed E-state index contributed by atoms with van der Waals surface area (Å²) in [5.74, 6) is 0.833. The van der Waals surface area contributed by atoms with E-state index in [1.54, 1.807) is 12.1 Å². The van der Waals surface area contributed by atoms with E-state index in [1.807, 2.05) is 6.08 Å². The molecule has 0 bridgehead atoms. The van der Waals surface area contributed by atoms with Crippen molar-refractivity contribution in [1.82, 2.24) is 9.78 Å². The number of allylic oxidation sites excluding steroid dienone is 2. The van der Waals surface area contributed by atoms with Gasteiger partial charge in [0.05, 0.1) is 14.7 Å². The Hall–Kier alpha value is -1.54. The number of thioether (sulfide) groups is 1. The highest BCUT2D eigenvalue weighted by Gasteiger charge is 2.35. The fraction of sp³-hybridized carbons (Fsp3) is 0.286. The maximum absolute atomic E-state index is 12.8. The number of halogens is 3. The predicted molar refractivity (Wildman–Crippen MR) is 81.0 cm³/mol. The molecular weight excluding hydrogens is 333 g/mol. The number of aryl methyl sites for hydroxylation is 1. The van der Waals surface area contributed by atoms with E-state index in [9.17, 15) is 18.0 Å². The van der Waals surface area contributed by atoms with Gasteiger partial charge in [0.15, 0.2) is 0 Å². The van der Waals surface area contributed by atoms with Crippen molar-refractivity contribution >= 4 is 28.9 Å². The minimum atomic E-state index is -4.44. The number of thiophene rings is 1. The van der Waals surface area contributed by atoms with Crippen molar-refractivity contribution in [1.29, 1.82) is 0 Å². The average molecular weight is 344 g/mol. The van der Waals surface area contributed by atoms with Crippen LogP contribution in [0.4, 0.5) is 13.2 Å². The quantitative estimate of drug-likeness (QED) is 0.776. The van der Waals surface area contributed by atoms with Crippen LogP contribution in [0.2, 0.25) is 0 Å². The molecule has 1 aliphatic rings. The molecule has 0 atom stereocenters. The minimum Gasteiger partial charge on any atom is -0.287 e. The number of alkyl halides is 3. The molecule has 0 amide bonds. The maximum Gasteiger partial charge on any atom is 0.433 e. The standard InChI is InChI=1S/C14H11F3N2OS2/c1-19-12(14(15,16)17)7-8(18-19)9-4-5-11(22-9)13(20)10-3-2-6-21-10/h3-5,7H,2,6H2,1H3. The van der Waals surface area contributed by atoms with Gasteiger partial charge in [-0.3, -0.25) is 9.48 Å². The van der Waals surface area contributed by atoms with Crippen molar-refractivity contribution in [2.45, 2.75) is 12.6 Å². The summed E-state index contributed by atoms with van der Waals surface area (Å²) in [6.45, 7) is 0. The van der Waals surface area contributed by atoms with Crippen LogP contribution in [0.1, 0.15) is 21.8 Å². The van der Waals surface area contributed by atoms with E-state index in [0.29, 0.717) is 14.7 Å². The molecule has 1 aliphatic heterocycles. The molecule has 0 saturated heterocycles. The summed E-state index contributed by atoms with van der Waals surface area (Å²) in [5.41, 5.74) is -0.579. The SMILES string of the molecule is Cn1nc(-c2ccc(C(=O)C3=CCCS3)s2)cc1C(F)(F)F. The lowest BCUT2D eigenvalue weighted by molar-refractivity contribution is -0.143. The van der Waals surface area contributed by atoms with Crippen molar-refractivity contribution in [3.8, 4) is 10.6 Å². The smallest absolute Gasteiger partial charge is 0.287 e. The first kappa shape index (κ1) is 15.4. The summed E-state index contributed by atoms with van der Waals surface area (Å²) in [4.78, 5) is 14.0. The van der Waals surface area contributed by atoms with Gasteiger partial charge in [-0.05, 0) is 24.6 Å². The Labute approximate surface area is 132 Å². The molecule has 3 nitrogen and oxygen atoms in total. The van der Waals surface area contributed by atoms with E-state index in [4.69, 9.17) is 0 Å². The van der Waals surface area contributed by atoms with E-state index in [0.717, 1.165) is 22.9 Å². The van der Waals surface area contributed by atoms with Crippen LogP contribution >= 0.6 is 23.1 Å². The van der Waals surface area contributed by atoms with E-state index in [-0.39, 0.29) is 11.5 Å². The van der Waals surface area contributed by atoms with Crippen LogP contribution in [0.15, 0.2) is 29.2 Å². The molecule has 0 aliphatic carbocycles. The largest absolute Gasteiger partial charge is 0.433 e. The number of carbonyl (C=O) groups excluding carboxylic acids is 1. The van der Waals surface area contributed by atoms with Crippen LogP contribution < -0.4 is 0 Å². The first-order valence-electron chi connectivity index (χ1n) is 6.45. The zero-order valence-corrected chi connectivity index (χ0v) is 13.1. The summed E-state index contributed by atoms with van der Waals surface area (Å²) in [5, 5.41) is 3.89. The van der Waals surface area contributed by atoms with Gasteiger partial charge in [0.2, 0.25) is 5.78 Å². The van der Waals surface area contributed by atoms with Crippen LogP contribution in [0.3, 0.4) is 0 Å². The Balaban J connectivity index is 1.90. The molecule has 0 unspecified atom stereocenters. The van der Waals surface area contributed by atoms with Crippen molar-refractivity contribution in [2.75, 3.05) is 5.75 Å². The van der Waals surface area contributed by atoms with Crippen molar-refractivity contribution in [3.63, 3.8) is 0 Å². The number of nitrogens with zero attached hydrogens (tertiary/aromatic N) is 2. The van der Waals surface area contributed by atoms with Crippen molar-refractivity contribution < 1.29 is 18.0 Å². The van der Waals surface area contributed by atoms with Gasteiger partial charge in [-0.25, -0.2) is 0 Å². The lowest BCUT2D eigenvalue weighted by Crippen LogP contribution is -2.11. The second-order valence-electron chi connectivity index (χ2n) is 4.73. The topological polar surface area (TPSA) is 34.9 Å². The number of rotatable bonds is 3. The third kappa shape index (κ3) is 2.85. The van der Waals surface area contributed by atoms with Gasteiger partial charge in [-0.2, -0.15) is 18.3 Å². The monoisotopic (exact) mass is 344 g/mol. The van der Waals surface area contributed by atoms with Crippen molar-refractivity contribution in [2.24, 2.45) is 7.05 Å². The molecular formula is C14H11F3N2OS2. The number of carbonyl (C=O) groups is 1. The van der Waals surface area contributed by atoms with Gasteiger partial charge in [-0.1, -0.05) is 6.08 Å². The fourth-order valence-corrected chi connectivity index (χ4v) is 4.06. The minimum absolute atomic E-state index is 0.0641. The molecule has 0 radical (unpaired) electrons. The number of hydrogen-bond donors (Lipinski definition) is 0. The molecule has 2 aromatic rings. The summed E-state index contributed by atoms with van der Waals surface area (Å²) in [6.07, 6.45) is -1.67. The molecule has 0 N–H and O–H groups in total. The van der Waals surface area contributed by atoms with Crippen LogP contribution in [0.5, 0.6) is 0 Å². The van der Waals surface area contributed by atoms with Gasteiger partial charge in [-0.15, -0.1) is 23.1 Å². The van der Waals surface area contributed by atoms with Crippen LogP contribution in [0, 0.1) is 0 Å². The van der Waals surface area contributed by atoms with Crippen LogP contribution in [-0.4, -0.2) is 21.3 Å². The Kier molecular flexibility index (Phi) is 3.90. The van der Waals surface area contributed by atoms with Gasteiger partial charge in [0.25, 0.3) is 0 Å². The molecule has 3 rings (SSSR count). The number of hydrogen-bond acceptors (Lipinski definition) is 4. The molecule has 22 heavy (non-hydrogen) atoms. The Morgan fingerprint density at radius 2 is 2.14 bits per heavy atom. The molecule has 0 spiro atoms. The summed E-state index contributed by atoms with van der Waals surface area (Å²) in [6, 6.07) is 4.29. The van der Waals surface area contributed by atoms with Gasteiger partial charge >= 0.3 is 6.18 Å². The third-order valence-electron chi connectivity index (χ3n) is 3.18. The van der Waals surface area contributed by atoms with E-state index in [2.05, 4.69) is 5.10 Å². The highest BCUT2D eigenvalue weighted by molar-refractivity contribution is 8.04. The summed E-state index contributed by atoms with van der Waals surface area (Å²) in [7, 11) is 1.26. The molecule has 0 aromatic carbocycles. The zero-order chi connectivity index (χ0) is 15.9. The molecule has 8 heteroatoms. The van der Waals surface area contributed by atoms with Gasteiger partial charge in [0, 0.05) is 12.8 Å². The van der Waals surface area contributed by atoms with Crippen LogP contribution in [-0.2, 0) is 13.2 Å². The second kappa shape index (κ2) is 5.58. The molecule has 2 aromatic heterocycles. The number of Topliss-reactive ketones (excluding diaryl/α,β-unsaturated/α-hetero) is 1.